The van der Waals surface area contributed by atoms with Crippen LogP contribution in [0, 0.1) is 13.8 Å². The van der Waals surface area contributed by atoms with Gasteiger partial charge in [-0.2, -0.15) is 0 Å². The van der Waals surface area contributed by atoms with E-state index < -0.39 is 0 Å². The van der Waals surface area contributed by atoms with Crippen molar-refractivity contribution in [2.75, 3.05) is 11.1 Å². The molecule has 0 bridgehead atoms. The Morgan fingerprint density at radius 3 is 2.72 bits per heavy atom. The fourth-order valence-corrected chi connectivity index (χ4v) is 1.85. The molecule has 0 atom stereocenters. The Morgan fingerprint density at radius 2 is 2.11 bits per heavy atom. The van der Waals surface area contributed by atoms with Crippen LogP contribution >= 0.6 is 0 Å². The topological polar surface area (TPSA) is 68.0 Å². The average Bonchev–Trinajstić information content (AvgIpc) is 2.34. The number of amides is 1. The highest BCUT2D eigenvalue weighted by molar-refractivity contribution is 6.06. The largest absolute Gasteiger partial charge is 0.397 e. The van der Waals surface area contributed by atoms with Gasteiger partial charge in [0.15, 0.2) is 0 Å². The minimum absolute atomic E-state index is 0.207. The smallest absolute Gasteiger partial charge is 0.257 e. The molecule has 0 radical (unpaired) electrons. The fraction of sp³-hybridized carbons (Fsp3) is 0.143. The standard InChI is InChI=1S/C14H15N3O/c1-9-6-10(2)13(12(15)7-9)17-14(18)11-4-3-5-16-8-11/h3-8H,15H2,1-2H3,(H,17,18). The fourth-order valence-electron chi connectivity index (χ4n) is 1.85. The third-order valence-electron chi connectivity index (χ3n) is 2.67. The van der Waals surface area contributed by atoms with E-state index in [0.717, 1.165) is 11.1 Å². The van der Waals surface area contributed by atoms with Gasteiger partial charge in [0.2, 0.25) is 0 Å². The molecule has 1 heterocycles. The lowest BCUT2D eigenvalue weighted by Gasteiger charge is -2.12. The second-order valence-corrected chi connectivity index (χ2v) is 4.24. The number of hydrogen-bond acceptors (Lipinski definition) is 3. The van der Waals surface area contributed by atoms with Gasteiger partial charge in [0, 0.05) is 12.4 Å². The van der Waals surface area contributed by atoms with E-state index >= 15 is 0 Å². The molecular weight excluding hydrogens is 226 g/mol. The number of nitrogens with zero attached hydrogens (tertiary/aromatic N) is 1. The summed E-state index contributed by atoms with van der Waals surface area (Å²) in [5.41, 5.74) is 9.69. The molecule has 2 rings (SSSR count). The maximum atomic E-state index is 12.0. The first-order chi connectivity index (χ1) is 8.58. The molecule has 0 spiro atoms. The molecule has 0 fully saturated rings. The average molecular weight is 241 g/mol. The number of nitrogens with one attached hydrogen (secondary N) is 1. The summed E-state index contributed by atoms with van der Waals surface area (Å²) in [7, 11) is 0. The highest BCUT2D eigenvalue weighted by atomic mass is 16.1. The van der Waals surface area contributed by atoms with Crippen LogP contribution in [0.4, 0.5) is 11.4 Å². The molecule has 1 aromatic heterocycles. The summed E-state index contributed by atoms with van der Waals surface area (Å²) in [6.45, 7) is 3.89. The Bertz CT molecular complexity index is 556. The minimum atomic E-state index is -0.207. The summed E-state index contributed by atoms with van der Waals surface area (Å²) in [6.07, 6.45) is 3.15. The van der Waals surface area contributed by atoms with Gasteiger partial charge in [-0.15, -0.1) is 0 Å². The van der Waals surface area contributed by atoms with Crippen LogP contribution in [0.15, 0.2) is 36.7 Å². The van der Waals surface area contributed by atoms with Crippen LogP contribution in [0.2, 0.25) is 0 Å². The van der Waals surface area contributed by atoms with Crippen LogP contribution in [-0.4, -0.2) is 10.9 Å². The molecule has 2 aromatic rings. The summed E-state index contributed by atoms with van der Waals surface area (Å²) in [5.74, 6) is -0.207. The minimum Gasteiger partial charge on any atom is -0.397 e. The third kappa shape index (κ3) is 2.48. The molecule has 18 heavy (non-hydrogen) atoms. The number of nitrogen functional groups attached to an aromatic ring is 1. The van der Waals surface area contributed by atoms with Gasteiger partial charge >= 0.3 is 0 Å². The van der Waals surface area contributed by atoms with Crippen molar-refractivity contribution in [3.05, 3.63) is 53.3 Å². The van der Waals surface area contributed by atoms with Crippen LogP contribution in [0.1, 0.15) is 21.5 Å². The Kier molecular flexibility index (Phi) is 3.28. The number of benzene rings is 1. The molecule has 4 heteroatoms. The van der Waals surface area contributed by atoms with Crippen molar-refractivity contribution in [3.63, 3.8) is 0 Å². The van der Waals surface area contributed by atoms with Crippen molar-refractivity contribution >= 4 is 17.3 Å². The monoisotopic (exact) mass is 241 g/mol. The predicted octanol–water partition coefficient (Wildman–Crippen LogP) is 2.53. The Labute approximate surface area is 106 Å². The summed E-state index contributed by atoms with van der Waals surface area (Å²) in [6, 6.07) is 7.25. The van der Waals surface area contributed by atoms with Gasteiger partial charge in [-0.05, 0) is 43.2 Å². The number of hydrogen-bond donors (Lipinski definition) is 2. The van der Waals surface area contributed by atoms with Crippen molar-refractivity contribution in [2.24, 2.45) is 0 Å². The molecule has 0 aliphatic heterocycles. The van der Waals surface area contributed by atoms with Crippen LogP contribution in [0.3, 0.4) is 0 Å². The first kappa shape index (κ1) is 12.1. The van der Waals surface area contributed by atoms with Crippen molar-refractivity contribution < 1.29 is 4.79 Å². The zero-order chi connectivity index (χ0) is 13.1. The van der Waals surface area contributed by atoms with Crippen LogP contribution in [0.5, 0.6) is 0 Å². The van der Waals surface area contributed by atoms with Crippen LogP contribution in [0.25, 0.3) is 0 Å². The summed E-state index contributed by atoms with van der Waals surface area (Å²) < 4.78 is 0. The Balaban J connectivity index is 2.28. The second-order valence-electron chi connectivity index (χ2n) is 4.24. The van der Waals surface area contributed by atoms with Gasteiger partial charge in [0.25, 0.3) is 5.91 Å². The molecule has 4 nitrogen and oxygen atoms in total. The number of rotatable bonds is 2. The van der Waals surface area contributed by atoms with Crippen LogP contribution < -0.4 is 11.1 Å². The van der Waals surface area contributed by atoms with Crippen molar-refractivity contribution in [3.8, 4) is 0 Å². The SMILES string of the molecule is Cc1cc(C)c(NC(=O)c2cccnc2)c(N)c1. The van der Waals surface area contributed by atoms with Gasteiger partial charge in [0.05, 0.1) is 16.9 Å². The molecule has 0 unspecified atom stereocenters. The van der Waals surface area contributed by atoms with E-state index in [1.807, 2.05) is 26.0 Å². The molecule has 0 aliphatic carbocycles. The number of nitrogens with two attached hydrogens (primary N) is 1. The maximum Gasteiger partial charge on any atom is 0.257 e. The molecular formula is C14H15N3O. The summed E-state index contributed by atoms with van der Waals surface area (Å²) >= 11 is 0. The zero-order valence-corrected chi connectivity index (χ0v) is 10.4. The lowest BCUT2D eigenvalue weighted by Crippen LogP contribution is -2.14. The summed E-state index contributed by atoms with van der Waals surface area (Å²) in [5, 5.41) is 2.82. The van der Waals surface area contributed by atoms with E-state index in [9.17, 15) is 4.79 Å². The van der Waals surface area contributed by atoms with Crippen molar-refractivity contribution in [1.29, 1.82) is 0 Å². The molecule has 1 aromatic carbocycles. The highest BCUT2D eigenvalue weighted by Crippen LogP contribution is 2.25. The van der Waals surface area contributed by atoms with E-state index in [2.05, 4.69) is 10.3 Å². The first-order valence-corrected chi connectivity index (χ1v) is 5.66. The van der Waals surface area contributed by atoms with Crippen molar-refractivity contribution in [2.45, 2.75) is 13.8 Å². The van der Waals surface area contributed by atoms with Crippen LogP contribution in [-0.2, 0) is 0 Å². The predicted molar refractivity (Wildman–Crippen MR) is 72.5 cm³/mol. The Morgan fingerprint density at radius 1 is 1.33 bits per heavy atom. The molecule has 1 amide bonds. The van der Waals surface area contributed by atoms with Gasteiger partial charge in [0.1, 0.15) is 0 Å². The van der Waals surface area contributed by atoms with Gasteiger partial charge in [-0.25, -0.2) is 0 Å². The lowest BCUT2D eigenvalue weighted by molar-refractivity contribution is 0.102. The number of carbonyl (C=O) groups excluding carboxylic acids is 1. The number of aromatic nitrogens is 1. The quantitative estimate of drug-likeness (QED) is 0.794. The van der Waals surface area contributed by atoms with E-state index in [1.54, 1.807) is 18.3 Å². The molecule has 0 saturated heterocycles. The maximum absolute atomic E-state index is 12.0. The van der Waals surface area contributed by atoms with Gasteiger partial charge < -0.3 is 11.1 Å². The van der Waals surface area contributed by atoms with Crippen molar-refractivity contribution in [1.82, 2.24) is 4.98 Å². The number of pyridine rings is 1. The second kappa shape index (κ2) is 4.87. The lowest BCUT2D eigenvalue weighted by atomic mass is 10.1. The molecule has 0 saturated carbocycles. The van der Waals surface area contributed by atoms with E-state index in [1.165, 1.54) is 6.20 Å². The van der Waals surface area contributed by atoms with Gasteiger partial charge in [-0.1, -0.05) is 6.07 Å². The number of anilines is 2. The summed E-state index contributed by atoms with van der Waals surface area (Å²) in [4.78, 5) is 15.9. The Hall–Kier alpha value is -2.36. The number of aryl methyl sites for hydroxylation is 2. The molecule has 0 aliphatic rings. The number of carbonyl (C=O) groups is 1. The van der Waals surface area contributed by atoms with E-state index in [0.29, 0.717) is 16.9 Å². The van der Waals surface area contributed by atoms with E-state index in [-0.39, 0.29) is 5.91 Å². The zero-order valence-electron chi connectivity index (χ0n) is 10.4. The van der Waals surface area contributed by atoms with E-state index in [4.69, 9.17) is 5.73 Å². The molecule has 92 valence electrons. The first-order valence-electron chi connectivity index (χ1n) is 5.66. The highest BCUT2D eigenvalue weighted by Gasteiger charge is 2.10. The van der Waals surface area contributed by atoms with Gasteiger partial charge in [-0.3, -0.25) is 9.78 Å². The molecule has 3 N–H and O–H groups in total. The third-order valence-corrected chi connectivity index (χ3v) is 2.67. The normalized spacial score (nSPS) is 10.1.